The highest BCUT2D eigenvalue weighted by Crippen LogP contribution is 2.41. The van der Waals surface area contributed by atoms with Crippen LogP contribution in [0.2, 0.25) is 0 Å². The van der Waals surface area contributed by atoms with Gasteiger partial charge in [-0.25, -0.2) is 4.98 Å². The zero-order valence-electron chi connectivity index (χ0n) is 13.4. The summed E-state index contributed by atoms with van der Waals surface area (Å²) in [5.74, 6) is 0.323. The van der Waals surface area contributed by atoms with E-state index in [1.807, 2.05) is 24.3 Å². The molecule has 2 N–H and O–H groups in total. The van der Waals surface area contributed by atoms with Gasteiger partial charge in [0, 0.05) is 21.6 Å². The fraction of sp³-hybridized carbons (Fsp3) is 0.0526. The molecule has 25 heavy (non-hydrogen) atoms. The van der Waals surface area contributed by atoms with Crippen LogP contribution in [0, 0.1) is 0 Å². The van der Waals surface area contributed by atoms with Crippen molar-refractivity contribution >= 4 is 38.8 Å². The molecule has 0 aliphatic heterocycles. The first kappa shape index (κ1) is 15.8. The van der Waals surface area contributed by atoms with Crippen molar-refractivity contribution in [3.8, 4) is 26.8 Å². The van der Waals surface area contributed by atoms with Gasteiger partial charge in [-0.2, -0.15) is 0 Å². The molecule has 2 aromatic carbocycles. The molecule has 2 aromatic heterocycles. The lowest BCUT2D eigenvalue weighted by Crippen LogP contribution is -2.10. The fourth-order valence-electron chi connectivity index (χ4n) is 2.67. The van der Waals surface area contributed by atoms with Gasteiger partial charge in [0.05, 0.1) is 11.8 Å². The van der Waals surface area contributed by atoms with Crippen LogP contribution >= 0.6 is 22.7 Å². The second kappa shape index (κ2) is 6.31. The van der Waals surface area contributed by atoms with Crippen LogP contribution in [-0.2, 0) is 0 Å². The third kappa shape index (κ3) is 2.79. The number of methoxy groups -OCH3 is 1. The number of thiazole rings is 1. The third-order valence-corrected chi connectivity index (χ3v) is 5.97. The van der Waals surface area contributed by atoms with Gasteiger partial charge in [0.25, 0.3) is 0 Å². The molecule has 0 saturated carbocycles. The molecule has 0 aliphatic carbocycles. The predicted octanol–water partition coefficient (Wildman–Crippen LogP) is 4.80. The number of amides is 1. The van der Waals surface area contributed by atoms with E-state index < -0.39 is 5.91 Å². The average molecular weight is 366 g/mol. The van der Waals surface area contributed by atoms with E-state index in [9.17, 15) is 4.79 Å². The number of hydrogen-bond acceptors (Lipinski definition) is 5. The maximum atomic E-state index is 11.2. The molecule has 0 aliphatic rings. The van der Waals surface area contributed by atoms with Crippen molar-refractivity contribution in [3.05, 3.63) is 59.5 Å². The maximum Gasteiger partial charge on any atom is 0.248 e. The Bertz CT molecular complexity index is 1050. The van der Waals surface area contributed by atoms with Crippen LogP contribution in [0.3, 0.4) is 0 Å². The third-order valence-electron chi connectivity index (χ3n) is 3.93. The first-order chi connectivity index (χ1) is 12.2. The van der Waals surface area contributed by atoms with Gasteiger partial charge in [-0.05, 0) is 35.7 Å². The Morgan fingerprint density at radius 3 is 2.56 bits per heavy atom. The monoisotopic (exact) mass is 366 g/mol. The van der Waals surface area contributed by atoms with Gasteiger partial charge in [0.1, 0.15) is 16.3 Å². The topological polar surface area (TPSA) is 65.2 Å². The number of nitrogens with zero attached hydrogens (tertiary/aromatic N) is 1. The number of thiophene rings is 1. The van der Waals surface area contributed by atoms with Crippen molar-refractivity contribution in [1.29, 1.82) is 0 Å². The van der Waals surface area contributed by atoms with E-state index in [-0.39, 0.29) is 0 Å². The molecule has 0 fully saturated rings. The lowest BCUT2D eigenvalue weighted by molar-refractivity contribution is 0.100. The minimum Gasteiger partial charge on any atom is -0.494 e. The number of fused-ring (bicyclic) bond motifs is 1. The van der Waals surface area contributed by atoms with Gasteiger partial charge >= 0.3 is 0 Å². The van der Waals surface area contributed by atoms with Crippen LogP contribution in [0.4, 0.5) is 0 Å². The van der Waals surface area contributed by atoms with Gasteiger partial charge in [0.15, 0.2) is 0 Å². The molecule has 0 spiro atoms. The van der Waals surface area contributed by atoms with Crippen LogP contribution in [0.5, 0.6) is 5.75 Å². The van der Waals surface area contributed by atoms with Gasteiger partial charge < -0.3 is 10.5 Å². The van der Waals surface area contributed by atoms with E-state index in [0.717, 1.165) is 32.1 Å². The number of carbonyl (C=O) groups excluding carboxylic acids is 1. The summed E-state index contributed by atoms with van der Waals surface area (Å²) in [5.41, 5.74) is 8.76. The number of hydrogen-bond donors (Lipinski definition) is 1. The Morgan fingerprint density at radius 1 is 1.12 bits per heavy atom. The molecule has 4 rings (SSSR count). The van der Waals surface area contributed by atoms with E-state index >= 15 is 0 Å². The number of rotatable bonds is 4. The minimum atomic E-state index is -0.433. The lowest BCUT2D eigenvalue weighted by atomic mass is 10.1. The summed E-state index contributed by atoms with van der Waals surface area (Å²) < 4.78 is 6.58. The Hall–Kier alpha value is -2.70. The summed E-state index contributed by atoms with van der Waals surface area (Å²) in [7, 11) is 1.65. The average Bonchev–Trinajstić information content (AvgIpc) is 3.30. The van der Waals surface area contributed by atoms with Crippen LogP contribution in [0.1, 0.15) is 10.4 Å². The van der Waals surface area contributed by atoms with Crippen molar-refractivity contribution in [2.75, 3.05) is 7.11 Å². The molecular weight excluding hydrogens is 352 g/mol. The summed E-state index contributed by atoms with van der Waals surface area (Å²) in [6.07, 6.45) is 0. The van der Waals surface area contributed by atoms with Crippen molar-refractivity contribution in [2.45, 2.75) is 0 Å². The molecule has 4 nitrogen and oxygen atoms in total. The Labute approximate surface area is 152 Å². The Kier molecular flexibility index (Phi) is 3.99. The number of primary amides is 1. The summed E-state index contributed by atoms with van der Waals surface area (Å²) >= 11 is 3.32. The molecular formula is C19H14N2O2S2. The predicted molar refractivity (Wildman–Crippen MR) is 103 cm³/mol. The van der Waals surface area contributed by atoms with E-state index in [1.165, 1.54) is 4.88 Å². The molecule has 0 bridgehead atoms. The highest BCUT2D eigenvalue weighted by molar-refractivity contribution is 7.23. The van der Waals surface area contributed by atoms with Gasteiger partial charge in [0.2, 0.25) is 5.91 Å². The molecule has 0 atom stereocenters. The van der Waals surface area contributed by atoms with E-state index in [4.69, 9.17) is 15.5 Å². The first-order valence-corrected chi connectivity index (χ1v) is 9.28. The van der Waals surface area contributed by atoms with E-state index in [2.05, 4.69) is 17.5 Å². The molecule has 1 amide bonds. The summed E-state index contributed by atoms with van der Waals surface area (Å²) in [5, 5.41) is 2.95. The number of ether oxygens (including phenoxy) is 1. The largest absolute Gasteiger partial charge is 0.494 e. The zero-order valence-corrected chi connectivity index (χ0v) is 15.0. The maximum absolute atomic E-state index is 11.2. The standard InChI is InChI=1S/C19H14N2O2S2/c1-23-14-9-8-13(15-3-2-10-24-15)17-16(14)21-19(25-17)12-6-4-11(5-7-12)18(20)22/h2-10H,1H3,(H2,20,22). The molecule has 0 unspecified atom stereocenters. The number of benzene rings is 2. The SMILES string of the molecule is COc1ccc(-c2cccs2)c2sc(-c3ccc(C(N)=O)cc3)nc12. The number of aromatic nitrogens is 1. The highest BCUT2D eigenvalue weighted by Gasteiger charge is 2.16. The molecule has 4 aromatic rings. The zero-order chi connectivity index (χ0) is 17.4. The fourth-order valence-corrected chi connectivity index (χ4v) is 4.61. The van der Waals surface area contributed by atoms with Crippen molar-refractivity contribution < 1.29 is 9.53 Å². The highest BCUT2D eigenvalue weighted by atomic mass is 32.1. The van der Waals surface area contributed by atoms with Crippen LogP contribution in [0.25, 0.3) is 31.2 Å². The first-order valence-electron chi connectivity index (χ1n) is 7.59. The normalized spacial score (nSPS) is 10.9. The smallest absolute Gasteiger partial charge is 0.248 e. The molecule has 0 saturated heterocycles. The molecule has 0 radical (unpaired) electrons. The van der Waals surface area contributed by atoms with Crippen LogP contribution in [-0.4, -0.2) is 18.0 Å². The molecule has 6 heteroatoms. The second-order valence-corrected chi connectivity index (χ2v) is 7.38. The van der Waals surface area contributed by atoms with Gasteiger partial charge in [-0.15, -0.1) is 22.7 Å². The van der Waals surface area contributed by atoms with E-state index in [1.54, 1.807) is 41.9 Å². The van der Waals surface area contributed by atoms with Crippen molar-refractivity contribution in [1.82, 2.24) is 4.98 Å². The van der Waals surface area contributed by atoms with Crippen LogP contribution < -0.4 is 10.5 Å². The summed E-state index contributed by atoms with van der Waals surface area (Å²) in [4.78, 5) is 17.2. The lowest BCUT2D eigenvalue weighted by Gasteiger charge is -2.03. The number of carbonyl (C=O) groups is 1. The second-order valence-electron chi connectivity index (χ2n) is 5.43. The van der Waals surface area contributed by atoms with E-state index in [0.29, 0.717) is 5.56 Å². The van der Waals surface area contributed by atoms with Crippen molar-refractivity contribution in [3.63, 3.8) is 0 Å². The van der Waals surface area contributed by atoms with Crippen LogP contribution in [0.15, 0.2) is 53.9 Å². The molecule has 2 heterocycles. The number of nitrogens with two attached hydrogens (primary N) is 1. The minimum absolute atomic E-state index is 0.433. The van der Waals surface area contributed by atoms with Crippen molar-refractivity contribution in [2.24, 2.45) is 5.73 Å². The quantitative estimate of drug-likeness (QED) is 0.564. The summed E-state index contributed by atoms with van der Waals surface area (Å²) in [6, 6.07) is 15.4. The van der Waals surface area contributed by atoms with Gasteiger partial charge in [-0.3, -0.25) is 4.79 Å². The van der Waals surface area contributed by atoms with Gasteiger partial charge in [-0.1, -0.05) is 18.2 Å². The summed E-state index contributed by atoms with van der Waals surface area (Å²) in [6.45, 7) is 0. The molecule has 124 valence electrons. The Balaban J connectivity index is 1.89. The Morgan fingerprint density at radius 2 is 1.92 bits per heavy atom.